The van der Waals surface area contributed by atoms with Crippen LogP contribution in [-0.2, 0) is 0 Å². The molecule has 1 atom stereocenters. The molecule has 1 aromatic heterocycles. The first kappa shape index (κ1) is 16.0. The molecule has 0 amide bonds. The first-order chi connectivity index (χ1) is 13.3. The summed E-state index contributed by atoms with van der Waals surface area (Å²) in [5.41, 5.74) is 6.71. The highest BCUT2D eigenvalue weighted by atomic mass is 16.3. The molecule has 0 saturated heterocycles. The third kappa shape index (κ3) is 2.93. The number of nitrogens with one attached hydrogen (secondary N) is 1. The summed E-state index contributed by atoms with van der Waals surface area (Å²) in [6.45, 7) is 2.22. The van der Waals surface area contributed by atoms with Crippen molar-refractivity contribution in [1.82, 2.24) is 0 Å². The molecule has 0 bridgehead atoms. The van der Waals surface area contributed by atoms with Crippen molar-refractivity contribution < 1.29 is 4.42 Å². The van der Waals surface area contributed by atoms with Gasteiger partial charge in [-0.3, -0.25) is 0 Å². The van der Waals surface area contributed by atoms with Gasteiger partial charge in [-0.05, 0) is 41.8 Å². The lowest BCUT2D eigenvalue weighted by Crippen LogP contribution is -1.95. The minimum Gasteiger partial charge on any atom is -0.460 e. The Morgan fingerprint density at radius 2 is 1.67 bits per heavy atom. The summed E-state index contributed by atoms with van der Waals surface area (Å²) in [7, 11) is 0. The minimum atomic E-state index is 0.441. The van der Waals surface area contributed by atoms with Crippen molar-refractivity contribution in [1.29, 1.82) is 0 Å². The predicted molar refractivity (Wildman–Crippen MR) is 113 cm³/mol. The number of hydrogen-bond acceptors (Lipinski definition) is 2. The summed E-state index contributed by atoms with van der Waals surface area (Å²) in [4.78, 5) is 0. The largest absolute Gasteiger partial charge is 0.460 e. The van der Waals surface area contributed by atoms with E-state index in [9.17, 15) is 0 Å². The SMILES string of the molecule is CC1CC=Cc2c1oc1cc(Nc3cccc(-c4ccccc4)c3)ccc21. The third-order valence-corrected chi connectivity index (χ3v) is 5.24. The van der Waals surface area contributed by atoms with Gasteiger partial charge in [0.05, 0.1) is 0 Å². The molecule has 1 N–H and O–H groups in total. The van der Waals surface area contributed by atoms with Crippen LogP contribution in [0, 0.1) is 0 Å². The van der Waals surface area contributed by atoms with Crippen LogP contribution in [0.4, 0.5) is 11.4 Å². The Kier molecular flexibility index (Phi) is 3.83. The molecular weight excluding hydrogens is 330 g/mol. The van der Waals surface area contributed by atoms with E-state index in [0.29, 0.717) is 5.92 Å². The molecule has 5 rings (SSSR count). The van der Waals surface area contributed by atoms with E-state index in [0.717, 1.165) is 29.1 Å². The van der Waals surface area contributed by atoms with Crippen molar-refractivity contribution in [2.24, 2.45) is 0 Å². The Bertz CT molecular complexity index is 1140. The fourth-order valence-electron chi connectivity index (χ4n) is 3.82. The van der Waals surface area contributed by atoms with Crippen molar-refractivity contribution in [2.45, 2.75) is 19.3 Å². The second-order valence-corrected chi connectivity index (χ2v) is 7.20. The van der Waals surface area contributed by atoms with Crippen LogP contribution in [0.5, 0.6) is 0 Å². The maximum absolute atomic E-state index is 6.18. The number of furan rings is 1. The lowest BCUT2D eigenvalue weighted by atomic mass is 9.94. The van der Waals surface area contributed by atoms with E-state index in [1.807, 2.05) is 6.07 Å². The summed E-state index contributed by atoms with van der Waals surface area (Å²) in [6.07, 6.45) is 5.48. The average molecular weight is 351 g/mol. The van der Waals surface area contributed by atoms with Crippen molar-refractivity contribution in [3.63, 3.8) is 0 Å². The van der Waals surface area contributed by atoms with Crippen LogP contribution in [0.25, 0.3) is 28.2 Å². The Balaban J connectivity index is 1.48. The second kappa shape index (κ2) is 6.48. The molecule has 2 heteroatoms. The first-order valence-electron chi connectivity index (χ1n) is 9.43. The van der Waals surface area contributed by atoms with Crippen molar-refractivity contribution >= 4 is 28.4 Å². The molecule has 0 radical (unpaired) electrons. The molecule has 1 unspecified atom stereocenters. The average Bonchev–Trinajstić information content (AvgIpc) is 3.08. The number of fused-ring (bicyclic) bond motifs is 3. The zero-order valence-electron chi connectivity index (χ0n) is 15.3. The number of hydrogen-bond donors (Lipinski definition) is 1. The maximum Gasteiger partial charge on any atom is 0.136 e. The van der Waals surface area contributed by atoms with Gasteiger partial charge in [0.2, 0.25) is 0 Å². The fourth-order valence-corrected chi connectivity index (χ4v) is 3.82. The number of rotatable bonds is 3. The van der Waals surface area contributed by atoms with Gasteiger partial charge in [0.25, 0.3) is 0 Å². The lowest BCUT2D eigenvalue weighted by Gasteiger charge is -2.10. The van der Waals surface area contributed by atoms with Crippen LogP contribution < -0.4 is 5.32 Å². The van der Waals surface area contributed by atoms with Crippen molar-refractivity contribution in [2.75, 3.05) is 5.32 Å². The maximum atomic E-state index is 6.18. The number of anilines is 2. The molecule has 0 spiro atoms. The highest BCUT2D eigenvalue weighted by molar-refractivity contribution is 5.91. The molecule has 0 aliphatic heterocycles. The van der Waals surface area contributed by atoms with Crippen molar-refractivity contribution in [3.05, 3.63) is 90.2 Å². The van der Waals surface area contributed by atoms with E-state index < -0.39 is 0 Å². The smallest absolute Gasteiger partial charge is 0.136 e. The molecule has 27 heavy (non-hydrogen) atoms. The Morgan fingerprint density at radius 3 is 2.56 bits per heavy atom. The van der Waals surface area contributed by atoms with E-state index in [-0.39, 0.29) is 0 Å². The van der Waals surface area contributed by atoms with Crippen molar-refractivity contribution in [3.8, 4) is 11.1 Å². The van der Waals surface area contributed by atoms with Gasteiger partial charge >= 0.3 is 0 Å². The van der Waals surface area contributed by atoms with Gasteiger partial charge in [0.1, 0.15) is 11.3 Å². The summed E-state index contributed by atoms with van der Waals surface area (Å²) in [6, 6.07) is 25.3. The molecule has 1 aliphatic rings. The summed E-state index contributed by atoms with van der Waals surface area (Å²) >= 11 is 0. The molecule has 4 aromatic rings. The first-order valence-corrected chi connectivity index (χ1v) is 9.43. The lowest BCUT2D eigenvalue weighted by molar-refractivity contribution is 0.504. The normalized spacial score (nSPS) is 15.7. The fraction of sp³-hybridized carbons (Fsp3) is 0.120. The van der Waals surface area contributed by atoms with Gasteiger partial charge in [0.15, 0.2) is 0 Å². The third-order valence-electron chi connectivity index (χ3n) is 5.24. The standard InChI is InChI=1S/C25H21NO/c1-17-7-5-12-23-22-14-13-21(16-24(22)27-25(17)23)26-20-11-6-10-19(15-20)18-8-3-2-4-9-18/h2-6,8-17,26H,7H2,1H3. The molecule has 2 nitrogen and oxygen atoms in total. The van der Waals surface area contributed by atoms with Gasteiger partial charge in [-0.1, -0.05) is 61.5 Å². The van der Waals surface area contributed by atoms with E-state index in [4.69, 9.17) is 4.42 Å². The highest BCUT2D eigenvalue weighted by Gasteiger charge is 2.20. The van der Waals surface area contributed by atoms with E-state index in [2.05, 4.69) is 91.1 Å². The zero-order chi connectivity index (χ0) is 18.2. The second-order valence-electron chi connectivity index (χ2n) is 7.20. The molecule has 0 fully saturated rings. The number of allylic oxidation sites excluding steroid dienone is 1. The summed E-state index contributed by atoms with van der Waals surface area (Å²) < 4.78 is 6.18. The Morgan fingerprint density at radius 1 is 0.852 bits per heavy atom. The van der Waals surface area contributed by atoms with Crippen LogP contribution in [0.1, 0.15) is 30.6 Å². The summed E-state index contributed by atoms with van der Waals surface area (Å²) in [5, 5.41) is 4.71. The molecule has 0 saturated carbocycles. The zero-order valence-corrected chi connectivity index (χ0v) is 15.3. The molecule has 132 valence electrons. The van der Waals surface area contributed by atoms with Crippen LogP contribution in [0.3, 0.4) is 0 Å². The van der Waals surface area contributed by atoms with E-state index >= 15 is 0 Å². The molecular formula is C25H21NO. The van der Waals surface area contributed by atoms with Crippen LogP contribution in [0.2, 0.25) is 0 Å². The Labute approximate surface area is 159 Å². The van der Waals surface area contributed by atoms with Gasteiger partial charge in [-0.25, -0.2) is 0 Å². The predicted octanol–water partition coefficient (Wildman–Crippen LogP) is 7.36. The van der Waals surface area contributed by atoms with Gasteiger partial charge < -0.3 is 9.73 Å². The molecule has 1 aliphatic carbocycles. The topological polar surface area (TPSA) is 25.2 Å². The van der Waals surface area contributed by atoms with E-state index in [1.54, 1.807) is 0 Å². The highest BCUT2D eigenvalue weighted by Crippen LogP contribution is 2.38. The number of benzene rings is 3. The van der Waals surface area contributed by atoms with Gasteiger partial charge in [-0.15, -0.1) is 0 Å². The Hall–Kier alpha value is -3.26. The van der Waals surface area contributed by atoms with Gasteiger partial charge in [0, 0.05) is 34.3 Å². The van der Waals surface area contributed by atoms with Crippen LogP contribution in [-0.4, -0.2) is 0 Å². The van der Waals surface area contributed by atoms with E-state index in [1.165, 1.54) is 22.1 Å². The van der Waals surface area contributed by atoms with Crippen LogP contribution >= 0.6 is 0 Å². The molecule has 1 heterocycles. The molecule has 3 aromatic carbocycles. The monoisotopic (exact) mass is 351 g/mol. The van der Waals surface area contributed by atoms with Gasteiger partial charge in [-0.2, -0.15) is 0 Å². The minimum absolute atomic E-state index is 0.441. The quantitative estimate of drug-likeness (QED) is 0.417. The summed E-state index contributed by atoms with van der Waals surface area (Å²) in [5.74, 6) is 1.55. The van der Waals surface area contributed by atoms with Crippen LogP contribution in [0.15, 0.2) is 83.3 Å².